The molecule has 0 heterocycles. The van der Waals surface area contributed by atoms with Crippen LogP contribution in [0.3, 0.4) is 0 Å². The molecule has 1 fully saturated rings. The molecule has 2 aromatic carbocycles. The number of hydrogen-bond acceptors (Lipinski definition) is 5. The van der Waals surface area contributed by atoms with E-state index >= 15 is 0 Å². The number of amides is 1. The number of nitrogens with one attached hydrogen (secondary N) is 1. The molecular weight excluding hydrogens is 394 g/mol. The van der Waals surface area contributed by atoms with Gasteiger partial charge in [0.25, 0.3) is 0 Å². The van der Waals surface area contributed by atoms with Crippen molar-refractivity contribution in [1.82, 2.24) is 5.32 Å². The molecule has 1 amide bonds. The van der Waals surface area contributed by atoms with Crippen molar-refractivity contribution in [3.63, 3.8) is 0 Å². The minimum atomic E-state index is -0.345. The zero-order valence-corrected chi connectivity index (χ0v) is 18.9. The van der Waals surface area contributed by atoms with Crippen LogP contribution >= 0.6 is 0 Å². The second-order valence-electron chi connectivity index (χ2n) is 7.63. The molecule has 1 N–H and O–H groups in total. The highest BCUT2D eigenvalue weighted by Gasteiger charge is 2.20. The van der Waals surface area contributed by atoms with Gasteiger partial charge in [-0.1, -0.05) is 31.4 Å². The first-order chi connectivity index (χ1) is 15.0. The highest BCUT2D eigenvalue weighted by Crippen LogP contribution is 2.24. The maximum Gasteiger partial charge on any atom is 0.337 e. The minimum absolute atomic E-state index is 0.154. The van der Waals surface area contributed by atoms with Gasteiger partial charge in [0.2, 0.25) is 5.91 Å². The van der Waals surface area contributed by atoms with E-state index in [2.05, 4.69) is 10.1 Å². The number of esters is 1. The van der Waals surface area contributed by atoms with E-state index in [1.54, 1.807) is 26.4 Å². The summed E-state index contributed by atoms with van der Waals surface area (Å²) in [4.78, 5) is 23.3. The Hall–Kier alpha value is -3.02. The van der Waals surface area contributed by atoms with Crippen LogP contribution in [0.15, 0.2) is 42.5 Å². The van der Waals surface area contributed by atoms with Crippen LogP contribution in [0.5, 0.6) is 11.5 Å². The van der Waals surface area contributed by atoms with Gasteiger partial charge in [0.1, 0.15) is 11.5 Å². The van der Waals surface area contributed by atoms with E-state index < -0.39 is 0 Å². The van der Waals surface area contributed by atoms with Crippen LogP contribution in [0.1, 0.15) is 53.6 Å². The average Bonchev–Trinajstić information content (AvgIpc) is 2.82. The number of hydrogen-bond donors (Lipinski definition) is 1. The molecule has 0 radical (unpaired) electrons. The third kappa shape index (κ3) is 7.96. The maximum atomic E-state index is 12.0. The zero-order valence-electron chi connectivity index (χ0n) is 18.9. The predicted octanol–water partition coefficient (Wildman–Crippen LogP) is 4.68. The molecule has 1 aliphatic carbocycles. The van der Waals surface area contributed by atoms with Crippen LogP contribution in [-0.2, 0) is 16.1 Å². The Balaban J connectivity index is 0.000000262. The first kappa shape index (κ1) is 24.3. The molecule has 6 heteroatoms. The minimum Gasteiger partial charge on any atom is -0.497 e. The smallest absolute Gasteiger partial charge is 0.337 e. The van der Waals surface area contributed by atoms with Crippen molar-refractivity contribution in [3.8, 4) is 11.5 Å². The molecule has 1 aliphatic rings. The highest BCUT2D eigenvalue weighted by atomic mass is 16.5. The Kier molecular flexibility index (Phi) is 9.88. The standard InChI is InChI=1S/C16H21NO3.C9H12O2/c1-20-16(19)14-9-7-12(8-10-14)11-17-15(18)13-5-3-2-4-6-13;1-7-4-8(10-2)6-9(5-7)11-3/h7-10,13H,2-6,11H2,1H3,(H,17,18);4-6H,1-3H3. The molecule has 1 saturated carbocycles. The predicted molar refractivity (Wildman–Crippen MR) is 120 cm³/mol. The zero-order chi connectivity index (χ0) is 22.6. The highest BCUT2D eigenvalue weighted by molar-refractivity contribution is 5.89. The fraction of sp³-hybridized carbons (Fsp3) is 0.440. The molecule has 0 unspecified atom stereocenters. The summed E-state index contributed by atoms with van der Waals surface area (Å²) in [5.41, 5.74) is 2.65. The molecule has 0 aliphatic heterocycles. The summed E-state index contributed by atoms with van der Waals surface area (Å²) >= 11 is 0. The van der Waals surface area contributed by atoms with Crippen molar-refractivity contribution in [1.29, 1.82) is 0 Å². The molecule has 0 spiro atoms. The Labute approximate surface area is 184 Å². The third-order valence-corrected chi connectivity index (χ3v) is 5.31. The van der Waals surface area contributed by atoms with Gasteiger partial charge in [0, 0.05) is 18.5 Å². The second kappa shape index (κ2) is 12.6. The fourth-order valence-corrected chi connectivity index (χ4v) is 3.52. The molecule has 0 atom stereocenters. The van der Waals surface area contributed by atoms with E-state index in [9.17, 15) is 9.59 Å². The number of rotatable bonds is 6. The molecule has 31 heavy (non-hydrogen) atoms. The Morgan fingerprint density at radius 2 is 1.48 bits per heavy atom. The lowest BCUT2D eigenvalue weighted by atomic mass is 9.88. The van der Waals surface area contributed by atoms with Gasteiger partial charge >= 0.3 is 5.97 Å². The fourth-order valence-electron chi connectivity index (χ4n) is 3.52. The molecule has 168 valence electrons. The summed E-state index contributed by atoms with van der Waals surface area (Å²) in [6.07, 6.45) is 5.58. The van der Waals surface area contributed by atoms with Gasteiger partial charge in [-0.15, -0.1) is 0 Å². The summed E-state index contributed by atoms with van der Waals surface area (Å²) in [5.74, 6) is 1.66. The average molecular weight is 428 g/mol. The molecule has 0 saturated heterocycles. The van der Waals surface area contributed by atoms with Crippen molar-refractivity contribution in [2.75, 3.05) is 21.3 Å². The van der Waals surface area contributed by atoms with Crippen LogP contribution < -0.4 is 14.8 Å². The van der Waals surface area contributed by atoms with Crippen molar-refractivity contribution in [2.45, 2.75) is 45.6 Å². The number of carbonyl (C=O) groups excluding carboxylic acids is 2. The van der Waals surface area contributed by atoms with Gasteiger partial charge < -0.3 is 19.5 Å². The van der Waals surface area contributed by atoms with Crippen LogP contribution in [0, 0.1) is 12.8 Å². The van der Waals surface area contributed by atoms with Crippen LogP contribution in [0.25, 0.3) is 0 Å². The normalized spacial score (nSPS) is 13.4. The summed E-state index contributed by atoms with van der Waals surface area (Å²) < 4.78 is 14.8. The van der Waals surface area contributed by atoms with Crippen LogP contribution in [0.2, 0.25) is 0 Å². The van der Waals surface area contributed by atoms with Gasteiger partial charge in [-0.3, -0.25) is 4.79 Å². The quantitative estimate of drug-likeness (QED) is 0.678. The Bertz CT molecular complexity index is 819. The SMILES string of the molecule is COC(=O)c1ccc(CNC(=O)C2CCCCC2)cc1.COc1cc(C)cc(OC)c1. The lowest BCUT2D eigenvalue weighted by Crippen LogP contribution is -2.31. The number of methoxy groups -OCH3 is 3. The van der Waals surface area contributed by atoms with E-state index in [4.69, 9.17) is 9.47 Å². The van der Waals surface area contributed by atoms with Gasteiger partial charge in [-0.25, -0.2) is 4.79 Å². The monoisotopic (exact) mass is 427 g/mol. The van der Waals surface area contributed by atoms with E-state index in [1.807, 2.05) is 37.3 Å². The van der Waals surface area contributed by atoms with Gasteiger partial charge in [-0.2, -0.15) is 0 Å². The second-order valence-corrected chi connectivity index (χ2v) is 7.63. The number of carbonyl (C=O) groups is 2. The molecule has 0 aromatic heterocycles. The lowest BCUT2D eigenvalue weighted by Gasteiger charge is -2.20. The van der Waals surface area contributed by atoms with Gasteiger partial charge in [-0.05, 0) is 55.2 Å². The molecular formula is C25H33NO5. The summed E-state index contributed by atoms with van der Waals surface area (Å²) in [6, 6.07) is 12.9. The van der Waals surface area contributed by atoms with E-state index in [0.29, 0.717) is 12.1 Å². The summed E-state index contributed by atoms with van der Waals surface area (Å²) in [6.45, 7) is 2.52. The third-order valence-electron chi connectivity index (χ3n) is 5.31. The van der Waals surface area contributed by atoms with E-state index in [1.165, 1.54) is 13.5 Å². The largest absolute Gasteiger partial charge is 0.497 e. The number of ether oxygens (including phenoxy) is 3. The Morgan fingerprint density at radius 1 is 0.903 bits per heavy atom. The van der Waals surface area contributed by atoms with Crippen LogP contribution in [-0.4, -0.2) is 33.2 Å². The first-order valence-corrected chi connectivity index (χ1v) is 10.6. The molecule has 0 bridgehead atoms. The van der Waals surface area contributed by atoms with Crippen molar-refractivity contribution >= 4 is 11.9 Å². The lowest BCUT2D eigenvalue weighted by molar-refractivity contribution is -0.126. The van der Waals surface area contributed by atoms with E-state index in [-0.39, 0.29) is 17.8 Å². The maximum absolute atomic E-state index is 12.0. The van der Waals surface area contributed by atoms with Crippen molar-refractivity contribution in [3.05, 3.63) is 59.2 Å². The number of benzene rings is 2. The summed E-state index contributed by atoms with van der Waals surface area (Å²) in [5, 5.41) is 2.98. The topological polar surface area (TPSA) is 73.9 Å². The van der Waals surface area contributed by atoms with Crippen molar-refractivity contribution in [2.24, 2.45) is 5.92 Å². The van der Waals surface area contributed by atoms with E-state index in [0.717, 1.165) is 48.3 Å². The molecule has 2 aromatic rings. The number of aryl methyl sites for hydroxylation is 1. The van der Waals surface area contributed by atoms with Gasteiger partial charge in [0.15, 0.2) is 0 Å². The molecule has 3 rings (SSSR count). The summed E-state index contributed by atoms with van der Waals surface area (Å²) in [7, 11) is 4.66. The molecule has 6 nitrogen and oxygen atoms in total. The van der Waals surface area contributed by atoms with Gasteiger partial charge in [0.05, 0.1) is 26.9 Å². The van der Waals surface area contributed by atoms with Crippen molar-refractivity contribution < 1.29 is 23.8 Å². The van der Waals surface area contributed by atoms with Crippen LogP contribution in [0.4, 0.5) is 0 Å². The Morgan fingerprint density at radius 3 is 2.00 bits per heavy atom. The first-order valence-electron chi connectivity index (χ1n) is 10.6.